The molecule has 0 radical (unpaired) electrons. The molecule has 1 heterocycles. The monoisotopic (exact) mass is 467 g/mol. The molecule has 33 heavy (non-hydrogen) atoms. The Morgan fingerprint density at radius 3 is 2.24 bits per heavy atom. The van der Waals surface area contributed by atoms with Crippen LogP contribution in [0.25, 0.3) is 5.57 Å². The molecule has 5 nitrogen and oxygen atoms in total. The van der Waals surface area contributed by atoms with Crippen LogP contribution in [0.4, 0.5) is 0 Å². The Bertz CT molecular complexity index is 995. The van der Waals surface area contributed by atoms with Crippen molar-refractivity contribution in [2.24, 2.45) is 0 Å². The maximum Gasteiger partial charge on any atom is 0.328 e. The molecule has 1 aliphatic heterocycles. The number of hydrogen-bond donors (Lipinski definition) is 2. The zero-order chi connectivity index (χ0) is 24.2. The van der Waals surface area contributed by atoms with Crippen molar-refractivity contribution in [3.8, 4) is 0 Å². The zero-order valence-corrected chi connectivity index (χ0v) is 20.4. The summed E-state index contributed by atoms with van der Waals surface area (Å²) >= 11 is 1.91. The third-order valence-corrected chi connectivity index (χ3v) is 6.25. The predicted octanol–water partition coefficient (Wildman–Crippen LogP) is 5.98. The van der Waals surface area contributed by atoms with Crippen LogP contribution in [0, 0.1) is 0 Å². The van der Waals surface area contributed by atoms with E-state index in [0.717, 1.165) is 13.0 Å². The molecular weight excluding hydrogens is 434 g/mol. The van der Waals surface area contributed by atoms with Gasteiger partial charge in [0.25, 0.3) is 0 Å². The lowest BCUT2D eigenvalue weighted by Crippen LogP contribution is -2.12. The van der Waals surface area contributed by atoms with Crippen LogP contribution in [0.15, 0.2) is 70.5 Å². The molecule has 6 heteroatoms. The third kappa shape index (κ3) is 8.91. The first-order chi connectivity index (χ1) is 15.8. The zero-order valence-electron chi connectivity index (χ0n) is 19.6. The average Bonchev–Trinajstić information content (AvgIpc) is 2.78. The predicted molar refractivity (Wildman–Crippen MR) is 135 cm³/mol. The van der Waals surface area contributed by atoms with Gasteiger partial charge in [-0.2, -0.15) is 0 Å². The second-order valence-corrected chi connectivity index (χ2v) is 9.19. The fourth-order valence-corrected chi connectivity index (χ4v) is 4.57. The third-order valence-electron chi connectivity index (χ3n) is 5.09. The summed E-state index contributed by atoms with van der Waals surface area (Å²) in [6.45, 7) is 3.36. The van der Waals surface area contributed by atoms with Crippen molar-refractivity contribution in [1.82, 2.24) is 4.90 Å². The van der Waals surface area contributed by atoms with Gasteiger partial charge < -0.3 is 15.1 Å². The molecule has 2 N–H and O–H groups in total. The van der Waals surface area contributed by atoms with Gasteiger partial charge in [-0.1, -0.05) is 67.9 Å². The number of fused-ring (bicyclic) bond motifs is 2. The molecule has 0 unspecified atom stereocenters. The minimum atomic E-state index is -1.26. The van der Waals surface area contributed by atoms with Crippen molar-refractivity contribution >= 4 is 29.3 Å². The largest absolute Gasteiger partial charge is 0.478 e. The molecule has 1 aliphatic rings. The van der Waals surface area contributed by atoms with Crippen molar-refractivity contribution in [2.45, 2.75) is 48.8 Å². The molecular formula is C27H33NO4S. The Morgan fingerprint density at radius 2 is 1.61 bits per heavy atom. The molecule has 0 aliphatic carbocycles. The van der Waals surface area contributed by atoms with Crippen LogP contribution < -0.4 is 0 Å². The van der Waals surface area contributed by atoms with E-state index in [1.54, 1.807) is 0 Å². The number of hydrogen-bond acceptors (Lipinski definition) is 4. The van der Waals surface area contributed by atoms with Crippen molar-refractivity contribution < 1.29 is 19.8 Å². The number of nitrogens with zero attached hydrogens (tertiary/aromatic N) is 1. The summed E-state index contributed by atoms with van der Waals surface area (Å²) in [4.78, 5) is 24.1. The fourth-order valence-electron chi connectivity index (χ4n) is 3.48. The summed E-state index contributed by atoms with van der Waals surface area (Å²) in [6.07, 6.45) is 9.72. The highest BCUT2D eigenvalue weighted by atomic mass is 32.2. The average molecular weight is 468 g/mol. The van der Waals surface area contributed by atoms with Gasteiger partial charge in [0.1, 0.15) is 0 Å². The topological polar surface area (TPSA) is 77.8 Å². The quantitative estimate of drug-likeness (QED) is 0.298. The van der Waals surface area contributed by atoms with E-state index in [9.17, 15) is 9.59 Å². The molecule has 0 saturated carbocycles. The maximum absolute atomic E-state index is 9.55. The van der Waals surface area contributed by atoms with Crippen molar-refractivity contribution in [2.75, 3.05) is 20.6 Å². The Kier molecular flexibility index (Phi) is 10.9. The Balaban J connectivity index is 0.000000414. The molecule has 0 fully saturated rings. The van der Waals surface area contributed by atoms with Crippen LogP contribution in [0.1, 0.15) is 49.3 Å². The Morgan fingerprint density at radius 1 is 0.939 bits per heavy atom. The molecule has 3 rings (SSSR count). The van der Waals surface area contributed by atoms with Crippen LogP contribution in [-0.4, -0.2) is 47.7 Å². The van der Waals surface area contributed by atoms with Crippen LogP contribution in [0.3, 0.4) is 0 Å². The second kappa shape index (κ2) is 13.7. The van der Waals surface area contributed by atoms with E-state index in [2.05, 4.69) is 74.5 Å². The summed E-state index contributed by atoms with van der Waals surface area (Å²) in [6, 6.07) is 15.9. The van der Waals surface area contributed by atoms with Crippen LogP contribution in [0.5, 0.6) is 0 Å². The molecule has 0 bridgehead atoms. The van der Waals surface area contributed by atoms with Gasteiger partial charge in [0.15, 0.2) is 0 Å². The second-order valence-electron chi connectivity index (χ2n) is 8.11. The molecule has 176 valence electrons. The van der Waals surface area contributed by atoms with E-state index < -0.39 is 11.9 Å². The van der Waals surface area contributed by atoms with E-state index in [4.69, 9.17) is 10.2 Å². The van der Waals surface area contributed by atoms with Gasteiger partial charge in [0.2, 0.25) is 0 Å². The Labute approximate surface area is 200 Å². The number of unbranched alkanes of at least 4 members (excludes halogenated alkanes) is 2. The van der Waals surface area contributed by atoms with Gasteiger partial charge in [0.05, 0.1) is 0 Å². The Hall–Kier alpha value is -2.83. The van der Waals surface area contributed by atoms with E-state index in [1.807, 2.05) is 11.8 Å². The lowest BCUT2D eigenvalue weighted by Gasteiger charge is -2.23. The van der Waals surface area contributed by atoms with E-state index in [0.29, 0.717) is 12.2 Å². The summed E-state index contributed by atoms with van der Waals surface area (Å²) in [5.41, 5.74) is 5.72. The van der Waals surface area contributed by atoms with Crippen molar-refractivity contribution in [3.63, 3.8) is 0 Å². The van der Waals surface area contributed by atoms with Gasteiger partial charge in [-0.3, -0.25) is 0 Å². The van der Waals surface area contributed by atoms with Gasteiger partial charge in [-0.05, 0) is 67.8 Å². The number of aryl methyl sites for hydroxylation is 1. The number of carboxylic acid groups (broad SMARTS) is 2. The van der Waals surface area contributed by atoms with E-state index in [-0.39, 0.29) is 0 Å². The molecule has 0 spiro atoms. The number of rotatable bonds is 9. The highest BCUT2D eigenvalue weighted by Crippen LogP contribution is 2.45. The summed E-state index contributed by atoms with van der Waals surface area (Å²) < 4.78 is 0. The molecule has 0 atom stereocenters. The molecule has 0 saturated heterocycles. The number of benzene rings is 2. The summed E-state index contributed by atoms with van der Waals surface area (Å²) in [7, 11) is 4.28. The lowest BCUT2D eigenvalue weighted by atomic mass is 9.93. The summed E-state index contributed by atoms with van der Waals surface area (Å²) in [5, 5.41) is 15.6. The van der Waals surface area contributed by atoms with Crippen LogP contribution in [0.2, 0.25) is 0 Å². The first kappa shape index (κ1) is 26.4. The van der Waals surface area contributed by atoms with Gasteiger partial charge in [-0.25, -0.2) is 9.59 Å². The summed E-state index contributed by atoms with van der Waals surface area (Å²) in [5.74, 6) is -2.51. The minimum Gasteiger partial charge on any atom is -0.478 e. The minimum absolute atomic E-state index is 0.558. The van der Waals surface area contributed by atoms with E-state index in [1.165, 1.54) is 57.7 Å². The number of carboxylic acids is 2. The first-order valence-corrected chi connectivity index (χ1v) is 12.0. The SMILES string of the molecule is CCCCCc1ccc2c(c1)/C(=C\CCN(C)C)c1ccccc1S2.O=C(O)/C=C/C(=O)O. The highest BCUT2D eigenvalue weighted by Gasteiger charge is 2.20. The lowest BCUT2D eigenvalue weighted by molar-refractivity contribution is -0.134. The van der Waals surface area contributed by atoms with Gasteiger partial charge in [0, 0.05) is 28.5 Å². The van der Waals surface area contributed by atoms with E-state index >= 15 is 0 Å². The molecule has 0 amide bonds. The molecule has 2 aromatic rings. The highest BCUT2D eigenvalue weighted by molar-refractivity contribution is 7.99. The smallest absolute Gasteiger partial charge is 0.328 e. The standard InChI is InChI=1S/C23H29NS.C4H4O4/c1-4-5-6-10-18-14-15-23-21(17-18)19(12-9-16-24(2)3)20-11-7-8-13-22(20)25-23;5-3(6)1-2-4(7)8/h7-8,11-15,17H,4-6,9-10,16H2,1-3H3;1-2H,(H,5,6)(H,7,8)/b19-12-;2-1+. The molecule has 2 aromatic carbocycles. The van der Waals surface area contributed by atoms with Crippen LogP contribution >= 0.6 is 11.8 Å². The van der Waals surface area contributed by atoms with Crippen molar-refractivity contribution in [3.05, 3.63) is 77.4 Å². The number of carbonyl (C=O) groups is 2. The van der Waals surface area contributed by atoms with Crippen LogP contribution in [-0.2, 0) is 16.0 Å². The maximum atomic E-state index is 9.55. The molecule has 0 aromatic heterocycles. The fraction of sp³-hybridized carbons (Fsp3) is 0.333. The van der Waals surface area contributed by atoms with Crippen molar-refractivity contribution in [1.29, 1.82) is 0 Å². The normalized spacial score (nSPS) is 13.4. The van der Waals surface area contributed by atoms with Gasteiger partial charge >= 0.3 is 11.9 Å². The first-order valence-electron chi connectivity index (χ1n) is 11.2. The number of aliphatic carboxylic acids is 2. The van der Waals surface area contributed by atoms with Gasteiger partial charge in [-0.15, -0.1) is 0 Å².